The number of nitrogens with zero attached hydrogens (tertiary/aromatic N) is 1. The number of benzene rings is 1. The van der Waals surface area contributed by atoms with Crippen molar-refractivity contribution in [1.82, 2.24) is 0 Å². The van der Waals surface area contributed by atoms with Gasteiger partial charge in [-0.2, -0.15) is 4.91 Å². The zero-order valence-corrected chi connectivity index (χ0v) is 15.0. The standard InChI is InChI=1S/C19H20ClNO5/c1-10-6-12-7-11(12)4-2-3-5-13(21-25)8-14-17(19(24)26-10)15(22)9-16(23)18(14)20/h2-5,9-13,22-23H,6-8H2,1H3/b4-2-,5-3+/t10-,11+,12+,13?/m1/s1. The Kier molecular flexibility index (Phi) is 5.32. The molecule has 1 aromatic carbocycles. The molecular formula is C19H20ClNO5. The Balaban J connectivity index is 2.03. The second-order valence-electron chi connectivity index (χ2n) is 6.84. The largest absolute Gasteiger partial charge is 0.507 e. The highest BCUT2D eigenvalue weighted by Crippen LogP contribution is 2.44. The van der Waals surface area contributed by atoms with E-state index < -0.39 is 17.8 Å². The number of aromatic hydroxyl groups is 2. The summed E-state index contributed by atoms with van der Waals surface area (Å²) in [4.78, 5) is 23.8. The van der Waals surface area contributed by atoms with Crippen LogP contribution in [0, 0.1) is 16.7 Å². The van der Waals surface area contributed by atoms with E-state index in [1.807, 2.05) is 6.08 Å². The van der Waals surface area contributed by atoms with Gasteiger partial charge in [0.25, 0.3) is 0 Å². The highest BCUT2D eigenvalue weighted by molar-refractivity contribution is 6.33. The summed E-state index contributed by atoms with van der Waals surface area (Å²) in [6.45, 7) is 1.80. The van der Waals surface area contributed by atoms with Crippen LogP contribution in [-0.2, 0) is 11.2 Å². The van der Waals surface area contributed by atoms with E-state index >= 15 is 0 Å². The lowest BCUT2D eigenvalue weighted by Crippen LogP contribution is -2.19. The van der Waals surface area contributed by atoms with E-state index in [9.17, 15) is 19.9 Å². The number of cyclic esters (lactones) is 1. The number of carbonyl (C=O) groups is 1. The molecule has 0 aromatic heterocycles. The van der Waals surface area contributed by atoms with Gasteiger partial charge in [-0.3, -0.25) is 0 Å². The van der Waals surface area contributed by atoms with Crippen LogP contribution in [0.15, 0.2) is 35.5 Å². The predicted molar refractivity (Wildman–Crippen MR) is 97.4 cm³/mol. The Morgan fingerprint density at radius 2 is 1.92 bits per heavy atom. The van der Waals surface area contributed by atoms with Crippen molar-refractivity contribution in [3.63, 3.8) is 0 Å². The van der Waals surface area contributed by atoms with E-state index in [2.05, 4.69) is 11.3 Å². The second kappa shape index (κ2) is 7.50. The fourth-order valence-corrected chi connectivity index (χ4v) is 3.57. The van der Waals surface area contributed by atoms with Gasteiger partial charge in [0.1, 0.15) is 23.1 Å². The summed E-state index contributed by atoms with van der Waals surface area (Å²) in [6.07, 6.45) is 8.68. The van der Waals surface area contributed by atoms with Gasteiger partial charge in [0.15, 0.2) is 0 Å². The van der Waals surface area contributed by atoms with Crippen LogP contribution in [-0.4, -0.2) is 28.3 Å². The zero-order chi connectivity index (χ0) is 18.8. The molecule has 1 heterocycles. The van der Waals surface area contributed by atoms with E-state index in [1.165, 1.54) is 0 Å². The van der Waals surface area contributed by atoms with Gasteiger partial charge < -0.3 is 14.9 Å². The maximum Gasteiger partial charge on any atom is 0.342 e. The number of allylic oxidation sites excluding steroid dienone is 3. The summed E-state index contributed by atoms with van der Waals surface area (Å²) in [5, 5.41) is 23.0. The lowest BCUT2D eigenvalue weighted by Gasteiger charge is -2.18. The van der Waals surface area contributed by atoms with Crippen LogP contribution >= 0.6 is 11.6 Å². The number of carbonyl (C=O) groups excluding carboxylic acids is 1. The van der Waals surface area contributed by atoms with Gasteiger partial charge in [-0.25, -0.2) is 4.79 Å². The lowest BCUT2D eigenvalue weighted by molar-refractivity contribution is 0.0307. The van der Waals surface area contributed by atoms with Crippen molar-refractivity contribution in [2.45, 2.75) is 38.3 Å². The Labute approximate surface area is 156 Å². The van der Waals surface area contributed by atoms with Crippen molar-refractivity contribution in [1.29, 1.82) is 0 Å². The average Bonchev–Trinajstić information content (AvgIpc) is 3.31. The maximum absolute atomic E-state index is 12.6. The minimum atomic E-state index is -0.805. The number of ether oxygens (including phenoxy) is 1. The Morgan fingerprint density at radius 1 is 1.19 bits per heavy atom. The van der Waals surface area contributed by atoms with Gasteiger partial charge in [-0.1, -0.05) is 41.1 Å². The van der Waals surface area contributed by atoms with Gasteiger partial charge >= 0.3 is 5.97 Å². The number of halogens is 1. The third kappa shape index (κ3) is 3.90. The molecule has 26 heavy (non-hydrogen) atoms. The molecule has 1 saturated carbocycles. The number of hydrogen-bond donors (Lipinski definition) is 2. The van der Waals surface area contributed by atoms with Crippen molar-refractivity contribution in [2.24, 2.45) is 17.0 Å². The molecule has 2 N–H and O–H groups in total. The van der Waals surface area contributed by atoms with E-state index in [1.54, 1.807) is 19.1 Å². The van der Waals surface area contributed by atoms with Crippen LogP contribution in [0.1, 0.15) is 35.7 Å². The minimum absolute atomic E-state index is 0.0422. The average molecular weight is 378 g/mol. The molecule has 6 nitrogen and oxygen atoms in total. The monoisotopic (exact) mass is 377 g/mol. The van der Waals surface area contributed by atoms with Crippen LogP contribution in [0.5, 0.6) is 11.5 Å². The van der Waals surface area contributed by atoms with Gasteiger partial charge in [0, 0.05) is 12.5 Å². The molecule has 7 heteroatoms. The molecule has 3 rings (SSSR count). The number of phenolic OH excluding ortho intramolecular Hbond substituents is 2. The maximum atomic E-state index is 12.6. The third-order valence-corrected chi connectivity index (χ3v) is 5.22. The van der Waals surface area contributed by atoms with Crippen LogP contribution in [0.4, 0.5) is 0 Å². The van der Waals surface area contributed by atoms with Crippen LogP contribution in [0.25, 0.3) is 0 Å². The van der Waals surface area contributed by atoms with E-state index in [4.69, 9.17) is 16.3 Å². The summed E-state index contributed by atoms with van der Waals surface area (Å²) < 4.78 is 5.47. The first-order valence-electron chi connectivity index (χ1n) is 8.52. The number of phenols is 2. The highest BCUT2D eigenvalue weighted by Gasteiger charge is 2.36. The van der Waals surface area contributed by atoms with Crippen molar-refractivity contribution in [3.05, 3.63) is 51.4 Å². The summed E-state index contributed by atoms with van der Waals surface area (Å²) >= 11 is 6.14. The number of nitroso groups, excluding NO2 is 1. The molecule has 1 unspecified atom stereocenters. The number of esters is 1. The lowest BCUT2D eigenvalue weighted by atomic mass is 9.98. The molecule has 2 aliphatic rings. The molecule has 0 spiro atoms. The van der Waals surface area contributed by atoms with Crippen molar-refractivity contribution in [3.8, 4) is 11.5 Å². The van der Waals surface area contributed by atoms with Crippen molar-refractivity contribution < 1.29 is 19.7 Å². The van der Waals surface area contributed by atoms with Crippen molar-refractivity contribution >= 4 is 17.6 Å². The molecule has 0 amide bonds. The van der Waals surface area contributed by atoms with Crippen molar-refractivity contribution in [2.75, 3.05) is 0 Å². The first-order valence-corrected chi connectivity index (χ1v) is 8.90. The Hall–Kier alpha value is -2.34. The minimum Gasteiger partial charge on any atom is -0.507 e. The molecule has 0 bridgehead atoms. The molecule has 0 saturated heterocycles. The SMILES string of the molecule is C[C@@H]1C[C@H]2C[C@@H]2/C=C\C=C\C(N=O)Cc2c(Cl)c(O)cc(O)c2C(=O)O1. The summed E-state index contributed by atoms with van der Waals surface area (Å²) in [6, 6.07) is 0.190. The topological polar surface area (TPSA) is 96.2 Å². The quantitative estimate of drug-likeness (QED) is 0.566. The molecule has 138 valence electrons. The summed E-state index contributed by atoms with van der Waals surface area (Å²) in [7, 11) is 0. The van der Waals surface area contributed by atoms with E-state index in [0.29, 0.717) is 11.8 Å². The Bertz CT molecular complexity index is 789. The zero-order valence-electron chi connectivity index (χ0n) is 14.3. The molecule has 1 aliphatic heterocycles. The molecule has 0 radical (unpaired) electrons. The molecule has 1 aromatic rings. The van der Waals surface area contributed by atoms with Gasteiger partial charge in [0.2, 0.25) is 0 Å². The van der Waals surface area contributed by atoms with Gasteiger partial charge in [-0.05, 0) is 37.2 Å². The summed E-state index contributed by atoms with van der Waals surface area (Å²) in [5.74, 6) is -0.658. The molecule has 1 aliphatic carbocycles. The normalized spacial score (nSPS) is 30.9. The van der Waals surface area contributed by atoms with Crippen LogP contribution in [0.2, 0.25) is 5.02 Å². The Morgan fingerprint density at radius 3 is 2.65 bits per heavy atom. The first-order chi connectivity index (χ1) is 12.4. The van der Waals surface area contributed by atoms with Crippen LogP contribution < -0.4 is 0 Å². The smallest absolute Gasteiger partial charge is 0.342 e. The summed E-state index contributed by atoms with van der Waals surface area (Å²) in [5.41, 5.74) is 0.00241. The fraction of sp³-hybridized carbons (Fsp3) is 0.421. The first kappa shape index (κ1) is 18.5. The molecule has 1 fully saturated rings. The predicted octanol–water partition coefficient (Wildman–Crippen LogP) is 4.13. The van der Waals surface area contributed by atoms with Crippen LogP contribution in [0.3, 0.4) is 0 Å². The number of fused-ring (bicyclic) bond motifs is 2. The highest BCUT2D eigenvalue weighted by atomic mass is 35.5. The number of hydrogen-bond acceptors (Lipinski definition) is 6. The molecular weight excluding hydrogens is 358 g/mol. The molecule has 4 atom stereocenters. The fourth-order valence-electron chi connectivity index (χ4n) is 3.35. The second-order valence-corrected chi connectivity index (χ2v) is 7.22. The number of rotatable bonds is 1. The van der Waals surface area contributed by atoms with Gasteiger partial charge in [0.05, 0.1) is 11.1 Å². The van der Waals surface area contributed by atoms with E-state index in [-0.39, 0.29) is 34.4 Å². The van der Waals surface area contributed by atoms with Gasteiger partial charge in [-0.15, -0.1) is 0 Å². The van der Waals surface area contributed by atoms with E-state index in [0.717, 1.165) is 18.9 Å². The third-order valence-electron chi connectivity index (χ3n) is 4.80.